The Labute approximate surface area is 112 Å². The molecule has 1 aromatic heterocycles. The lowest BCUT2D eigenvalue weighted by atomic mass is 10.2. The van der Waals surface area contributed by atoms with Gasteiger partial charge in [0.1, 0.15) is 5.56 Å². The van der Waals surface area contributed by atoms with Crippen LogP contribution in [-0.4, -0.2) is 41.9 Å². The second-order valence-corrected chi connectivity index (χ2v) is 4.11. The van der Waals surface area contributed by atoms with Crippen LogP contribution in [0.4, 0.5) is 0 Å². The molecule has 0 aliphatic heterocycles. The average molecular weight is 265 g/mol. The molecule has 2 amide bonds. The lowest BCUT2D eigenvalue weighted by molar-refractivity contribution is -0.118. The van der Waals surface area contributed by atoms with E-state index in [0.717, 1.165) is 12.8 Å². The minimum Gasteiger partial charge on any atom is -0.480 e. The summed E-state index contributed by atoms with van der Waals surface area (Å²) in [7, 11) is 1.45. The first kappa shape index (κ1) is 14.9. The Balaban J connectivity index is 2.93. The summed E-state index contributed by atoms with van der Waals surface area (Å²) in [6.07, 6.45) is 3.27. The molecule has 0 unspecified atom stereocenters. The first-order valence-electron chi connectivity index (χ1n) is 6.16. The van der Waals surface area contributed by atoms with E-state index in [2.05, 4.69) is 4.98 Å². The molecule has 0 aliphatic carbocycles. The number of ether oxygens (including phenoxy) is 1. The Morgan fingerprint density at radius 3 is 2.79 bits per heavy atom. The van der Waals surface area contributed by atoms with Gasteiger partial charge in [-0.3, -0.25) is 9.59 Å². The van der Waals surface area contributed by atoms with E-state index >= 15 is 0 Å². The molecular weight excluding hydrogens is 246 g/mol. The van der Waals surface area contributed by atoms with E-state index in [1.807, 2.05) is 6.92 Å². The maximum atomic E-state index is 12.4. The van der Waals surface area contributed by atoms with Gasteiger partial charge in [-0.05, 0) is 18.6 Å². The van der Waals surface area contributed by atoms with Crippen LogP contribution >= 0.6 is 0 Å². The number of nitrogens with zero attached hydrogens (tertiary/aromatic N) is 2. The minimum atomic E-state index is -0.535. The summed E-state index contributed by atoms with van der Waals surface area (Å²) in [5.41, 5.74) is 5.51. The van der Waals surface area contributed by atoms with E-state index < -0.39 is 5.91 Å². The van der Waals surface area contributed by atoms with Gasteiger partial charge in [-0.1, -0.05) is 13.3 Å². The van der Waals surface area contributed by atoms with Crippen LogP contribution < -0.4 is 10.5 Å². The molecule has 0 aliphatic rings. The fourth-order valence-corrected chi connectivity index (χ4v) is 1.68. The van der Waals surface area contributed by atoms with Gasteiger partial charge in [0.05, 0.1) is 13.7 Å². The Hall–Kier alpha value is -2.11. The first-order valence-corrected chi connectivity index (χ1v) is 6.16. The third-order valence-corrected chi connectivity index (χ3v) is 2.61. The van der Waals surface area contributed by atoms with Gasteiger partial charge in [0.15, 0.2) is 0 Å². The molecule has 0 atom stereocenters. The molecule has 104 valence electrons. The molecule has 0 spiro atoms. The highest BCUT2D eigenvalue weighted by molar-refractivity contribution is 5.98. The van der Waals surface area contributed by atoms with Crippen molar-refractivity contribution in [3.05, 3.63) is 23.9 Å². The summed E-state index contributed by atoms with van der Waals surface area (Å²) in [5, 5.41) is 0. The predicted molar refractivity (Wildman–Crippen MR) is 70.8 cm³/mol. The molecule has 6 heteroatoms. The Morgan fingerprint density at radius 1 is 1.47 bits per heavy atom. The molecule has 1 aromatic rings. The number of carbonyl (C=O) groups is 2. The number of hydrogen-bond donors (Lipinski definition) is 1. The van der Waals surface area contributed by atoms with Crippen LogP contribution in [0.2, 0.25) is 0 Å². The second-order valence-electron chi connectivity index (χ2n) is 4.11. The second kappa shape index (κ2) is 7.35. The van der Waals surface area contributed by atoms with Crippen LogP contribution in [-0.2, 0) is 4.79 Å². The van der Waals surface area contributed by atoms with Gasteiger partial charge in [0.25, 0.3) is 5.91 Å². The SMILES string of the molecule is CCCCN(CC(N)=O)C(=O)c1cccnc1OC. The average Bonchev–Trinajstić information content (AvgIpc) is 2.42. The maximum Gasteiger partial charge on any atom is 0.259 e. The number of unbranched alkanes of at least 4 members (excludes halogenated alkanes) is 1. The zero-order valence-corrected chi connectivity index (χ0v) is 11.3. The number of nitrogens with two attached hydrogens (primary N) is 1. The zero-order chi connectivity index (χ0) is 14.3. The van der Waals surface area contributed by atoms with Gasteiger partial charge < -0.3 is 15.4 Å². The van der Waals surface area contributed by atoms with Crippen LogP contribution in [0, 0.1) is 0 Å². The van der Waals surface area contributed by atoms with Crippen molar-refractivity contribution in [1.82, 2.24) is 9.88 Å². The Bertz CT molecular complexity index is 449. The van der Waals surface area contributed by atoms with Crippen molar-refractivity contribution in [3.63, 3.8) is 0 Å². The van der Waals surface area contributed by atoms with Crippen molar-refractivity contribution in [2.45, 2.75) is 19.8 Å². The lowest BCUT2D eigenvalue weighted by Crippen LogP contribution is -2.39. The number of aromatic nitrogens is 1. The highest BCUT2D eigenvalue weighted by Crippen LogP contribution is 2.16. The summed E-state index contributed by atoms with van der Waals surface area (Å²) in [6.45, 7) is 2.39. The molecule has 1 rings (SSSR count). The molecule has 6 nitrogen and oxygen atoms in total. The fraction of sp³-hybridized carbons (Fsp3) is 0.462. The number of methoxy groups -OCH3 is 1. The van der Waals surface area contributed by atoms with Crippen molar-refractivity contribution in [1.29, 1.82) is 0 Å². The lowest BCUT2D eigenvalue weighted by Gasteiger charge is -2.21. The molecule has 0 radical (unpaired) electrons. The van der Waals surface area contributed by atoms with Gasteiger partial charge in [0.2, 0.25) is 11.8 Å². The van der Waals surface area contributed by atoms with E-state index in [4.69, 9.17) is 10.5 Å². The number of hydrogen-bond acceptors (Lipinski definition) is 4. The van der Waals surface area contributed by atoms with Crippen LogP contribution in [0.25, 0.3) is 0 Å². The highest BCUT2D eigenvalue weighted by Gasteiger charge is 2.21. The topological polar surface area (TPSA) is 85.5 Å². The van der Waals surface area contributed by atoms with Crippen LogP contribution in [0.5, 0.6) is 5.88 Å². The Kier molecular flexibility index (Phi) is 5.78. The molecule has 0 fully saturated rings. The number of carbonyl (C=O) groups excluding carboxylic acids is 2. The third-order valence-electron chi connectivity index (χ3n) is 2.61. The van der Waals surface area contributed by atoms with E-state index in [9.17, 15) is 9.59 Å². The molecule has 2 N–H and O–H groups in total. The van der Waals surface area contributed by atoms with Crippen LogP contribution in [0.1, 0.15) is 30.1 Å². The maximum absolute atomic E-state index is 12.4. The van der Waals surface area contributed by atoms with E-state index in [0.29, 0.717) is 12.1 Å². The summed E-state index contributed by atoms with van der Waals surface area (Å²) in [5.74, 6) is -0.581. The summed E-state index contributed by atoms with van der Waals surface area (Å²) in [4.78, 5) is 28.8. The molecule has 0 saturated heterocycles. The minimum absolute atomic E-state index is 0.100. The number of pyridine rings is 1. The van der Waals surface area contributed by atoms with Crippen molar-refractivity contribution < 1.29 is 14.3 Å². The van der Waals surface area contributed by atoms with Crippen molar-refractivity contribution in [2.24, 2.45) is 5.73 Å². The number of rotatable bonds is 7. The van der Waals surface area contributed by atoms with E-state index in [1.54, 1.807) is 18.3 Å². The molecule has 0 bridgehead atoms. The van der Waals surface area contributed by atoms with Gasteiger partial charge in [0, 0.05) is 12.7 Å². The van der Waals surface area contributed by atoms with E-state index in [-0.39, 0.29) is 18.3 Å². The van der Waals surface area contributed by atoms with Crippen molar-refractivity contribution in [2.75, 3.05) is 20.2 Å². The van der Waals surface area contributed by atoms with Gasteiger partial charge in [-0.2, -0.15) is 0 Å². The molecule has 0 saturated carbocycles. The Morgan fingerprint density at radius 2 is 2.21 bits per heavy atom. The highest BCUT2D eigenvalue weighted by atomic mass is 16.5. The first-order chi connectivity index (χ1) is 9.10. The summed E-state index contributed by atoms with van der Waals surface area (Å²) < 4.78 is 5.05. The number of amides is 2. The molecule has 19 heavy (non-hydrogen) atoms. The monoisotopic (exact) mass is 265 g/mol. The normalized spacial score (nSPS) is 10.0. The largest absolute Gasteiger partial charge is 0.480 e. The third kappa shape index (κ3) is 4.24. The molecule has 0 aromatic carbocycles. The summed E-state index contributed by atoms with van der Waals surface area (Å²) >= 11 is 0. The van der Waals surface area contributed by atoms with Crippen LogP contribution in [0.3, 0.4) is 0 Å². The van der Waals surface area contributed by atoms with Crippen LogP contribution in [0.15, 0.2) is 18.3 Å². The van der Waals surface area contributed by atoms with Crippen molar-refractivity contribution in [3.8, 4) is 5.88 Å². The summed E-state index contributed by atoms with van der Waals surface area (Å²) in [6, 6.07) is 3.27. The number of primary amides is 1. The van der Waals surface area contributed by atoms with Gasteiger partial charge in [-0.15, -0.1) is 0 Å². The van der Waals surface area contributed by atoms with E-state index in [1.165, 1.54) is 12.0 Å². The smallest absolute Gasteiger partial charge is 0.259 e. The predicted octanol–water partition coefficient (Wildman–Crippen LogP) is 0.818. The van der Waals surface area contributed by atoms with Crippen molar-refractivity contribution >= 4 is 11.8 Å². The van der Waals surface area contributed by atoms with Gasteiger partial charge in [-0.25, -0.2) is 4.98 Å². The van der Waals surface area contributed by atoms with Gasteiger partial charge >= 0.3 is 0 Å². The fourth-order valence-electron chi connectivity index (χ4n) is 1.68. The standard InChI is InChI=1S/C13H19N3O3/c1-3-4-8-16(9-11(14)17)13(18)10-6-5-7-15-12(10)19-2/h5-7H,3-4,8-9H2,1-2H3,(H2,14,17). The molecular formula is C13H19N3O3. The zero-order valence-electron chi connectivity index (χ0n) is 11.3. The molecule has 1 heterocycles. The quantitative estimate of drug-likeness (QED) is 0.790.